The van der Waals surface area contributed by atoms with E-state index in [1.807, 2.05) is 42.5 Å². The Balaban J connectivity index is 1.51. The number of ketones is 1. The molecule has 3 atom stereocenters. The molecule has 1 saturated carbocycles. The number of ether oxygens (including phenoxy) is 1. The Kier molecular flexibility index (Phi) is 5.63. The second-order valence-electron chi connectivity index (χ2n) is 9.30. The molecular weight excluding hydrogens is 477 g/mol. The molecule has 4 aromatic rings. The van der Waals surface area contributed by atoms with Crippen molar-refractivity contribution >= 4 is 51.2 Å². The molecule has 0 amide bonds. The van der Waals surface area contributed by atoms with Crippen LogP contribution in [0.25, 0.3) is 10.8 Å². The summed E-state index contributed by atoms with van der Waals surface area (Å²) in [4.78, 5) is 19.0. The second kappa shape index (κ2) is 8.82. The lowest BCUT2D eigenvalue weighted by Crippen LogP contribution is -2.39. The highest BCUT2D eigenvalue weighted by molar-refractivity contribution is 6.42. The molecule has 0 N–H and O–H groups in total. The van der Waals surface area contributed by atoms with Crippen LogP contribution >= 0.6 is 23.2 Å². The Morgan fingerprint density at radius 2 is 1.60 bits per heavy atom. The SMILES string of the molecule is COc1ccc(C2CC(=O)C3C(=Nc4ccc5ccccc5c4C3c3ccc(Cl)c(Cl)c3)C2)cc1. The largest absolute Gasteiger partial charge is 0.497 e. The lowest BCUT2D eigenvalue weighted by atomic mass is 9.66. The smallest absolute Gasteiger partial charge is 0.143 e. The molecule has 4 aromatic carbocycles. The number of hydrogen-bond acceptors (Lipinski definition) is 3. The topological polar surface area (TPSA) is 38.7 Å². The van der Waals surface area contributed by atoms with Gasteiger partial charge in [-0.1, -0.05) is 71.7 Å². The first-order valence-electron chi connectivity index (χ1n) is 11.7. The summed E-state index contributed by atoms with van der Waals surface area (Å²) in [6.07, 6.45) is 1.22. The van der Waals surface area contributed by atoms with E-state index in [0.29, 0.717) is 16.5 Å². The molecule has 0 aromatic heterocycles. The van der Waals surface area contributed by atoms with Crippen LogP contribution in [0.1, 0.15) is 41.4 Å². The van der Waals surface area contributed by atoms with E-state index < -0.39 is 0 Å². The average Bonchev–Trinajstić information content (AvgIpc) is 2.89. The Morgan fingerprint density at radius 3 is 2.37 bits per heavy atom. The van der Waals surface area contributed by atoms with Crippen LogP contribution in [-0.4, -0.2) is 18.6 Å². The number of nitrogens with zero attached hydrogens (tertiary/aromatic N) is 1. The van der Waals surface area contributed by atoms with Crippen LogP contribution in [0.2, 0.25) is 10.0 Å². The van der Waals surface area contributed by atoms with E-state index >= 15 is 0 Å². The lowest BCUT2D eigenvalue weighted by Gasteiger charge is -2.38. The molecule has 0 bridgehead atoms. The summed E-state index contributed by atoms with van der Waals surface area (Å²) in [6.45, 7) is 0. The zero-order valence-corrected chi connectivity index (χ0v) is 20.7. The predicted octanol–water partition coefficient (Wildman–Crippen LogP) is 8.14. The van der Waals surface area contributed by atoms with Gasteiger partial charge in [0.1, 0.15) is 11.5 Å². The maximum Gasteiger partial charge on any atom is 0.143 e. The minimum Gasteiger partial charge on any atom is -0.497 e. The molecular formula is C30H23Cl2NO2. The zero-order valence-electron chi connectivity index (χ0n) is 19.2. The molecule has 3 unspecified atom stereocenters. The number of fused-ring (bicyclic) bond motifs is 4. The Labute approximate surface area is 214 Å². The van der Waals surface area contributed by atoms with Crippen LogP contribution in [0.4, 0.5) is 5.69 Å². The normalized spacial score (nSPS) is 21.3. The number of halogens is 2. The van der Waals surface area contributed by atoms with Crippen molar-refractivity contribution in [2.75, 3.05) is 7.11 Å². The van der Waals surface area contributed by atoms with Crippen molar-refractivity contribution in [1.82, 2.24) is 0 Å². The summed E-state index contributed by atoms with van der Waals surface area (Å²) >= 11 is 12.7. The minimum atomic E-state index is -0.319. The van der Waals surface area contributed by atoms with E-state index in [4.69, 9.17) is 32.9 Å². The summed E-state index contributed by atoms with van der Waals surface area (Å²) in [6, 6.07) is 26.2. The number of benzene rings is 4. The first-order valence-corrected chi connectivity index (χ1v) is 12.5. The summed E-state index contributed by atoms with van der Waals surface area (Å²) < 4.78 is 5.31. The molecule has 1 aliphatic heterocycles. The predicted molar refractivity (Wildman–Crippen MR) is 143 cm³/mol. The highest BCUT2D eigenvalue weighted by Crippen LogP contribution is 2.50. The van der Waals surface area contributed by atoms with E-state index in [0.717, 1.165) is 51.0 Å². The molecule has 6 rings (SSSR count). The van der Waals surface area contributed by atoms with Crippen molar-refractivity contribution in [2.24, 2.45) is 10.9 Å². The van der Waals surface area contributed by atoms with Gasteiger partial charge in [0, 0.05) is 18.1 Å². The van der Waals surface area contributed by atoms with Gasteiger partial charge in [-0.25, -0.2) is 0 Å². The molecule has 35 heavy (non-hydrogen) atoms. The van der Waals surface area contributed by atoms with Gasteiger partial charge in [-0.05, 0) is 70.1 Å². The number of methoxy groups -OCH3 is 1. The fraction of sp³-hybridized carbons (Fsp3) is 0.200. The summed E-state index contributed by atoms with van der Waals surface area (Å²) in [5.41, 5.74) is 5.09. The first kappa shape index (κ1) is 22.3. The van der Waals surface area contributed by atoms with Crippen molar-refractivity contribution in [3.05, 3.63) is 106 Å². The number of hydrogen-bond donors (Lipinski definition) is 0. The van der Waals surface area contributed by atoms with Gasteiger partial charge in [0.15, 0.2) is 0 Å². The zero-order chi connectivity index (χ0) is 24.1. The van der Waals surface area contributed by atoms with E-state index in [-0.39, 0.29) is 23.5 Å². The second-order valence-corrected chi connectivity index (χ2v) is 10.1. The quantitative estimate of drug-likeness (QED) is 0.285. The fourth-order valence-electron chi connectivity index (χ4n) is 5.71. The molecule has 0 radical (unpaired) electrons. The Morgan fingerprint density at radius 1 is 0.829 bits per heavy atom. The van der Waals surface area contributed by atoms with Crippen molar-refractivity contribution in [3.63, 3.8) is 0 Å². The number of Topliss-reactive ketones (excluding diaryl/α,β-unsaturated/α-hetero) is 1. The van der Waals surface area contributed by atoms with Gasteiger partial charge in [0.2, 0.25) is 0 Å². The third-order valence-corrected chi connectivity index (χ3v) is 8.09. The molecule has 1 fully saturated rings. The molecule has 174 valence electrons. The molecule has 0 spiro atoms. The molecule has 5 heteroatoms. The molecule has 1 heterocycles. The first-order chi connectivity index (χ1) is 17.0. The average molecular weight is 500 g/mol. The number of carbonyl (C=O) groups excluding carboxylic acids is 1. The monoisotopic (exact) mass is 499 g/mol. The lowest BCUT2D eigenvalue weighted by molar-refractivity contribution is -0.122. The van der Waals surface area contributed by atoms with Gasteiger partial charge in [-0.15, -0.1) is 0 Å². The third-order valence-electron chi connectivity index (χ3n) is 7.36. The van der Waals surface area contributed by atoms with Gasteiger partial charge in [-0.3, -0.25) is 9.79 Å². The number of carbonyl (C=O) groups is 1. The Bertz CT molecular complexity index is 1490. The van der Waals surface area contributed by atoms with Gasteiger partial charge < -0.3 is 4.74 Å². The Hall–Kier alpha value is -3.14. The van der Waals surface area contributed by atoms with Crippen molar-refractivity contribution in [2.45, 2.75) is 24.7 Å². The van der Waals surface area contributed by atoms with Crippen molar-refractivity contribution < 1.29 is 9.53 Å². The van der Waals surface area contributed by atoms with Crippen LogP contribution in [0, 0.1) is 5.92 Å². The maximum atomic E-state index is 13.9. The van der Waals surface area contributed by atoms with E-state index in [1.54, 1.807) is 7.11 Å². The van der Waals surface area contributed by atoms with Gasteiger partial charge in [0.05, 0.1) is 28.8 Å². The number of rotatable bonds is 3. The van der Waals surface area contributed by atoms with Crippen molar-refractivity contribution in [3.8, 4) is 5.75 Å². The van der Waals surface area contributed by atoms with E-state index in [2.05, 4.69) is 36.4 Å². The number of aliphatic imine (C=N–C) groups is 1. The standard InChI is InChI=1S/C30H23Cl2NO2/c1-35-21-10-6-17(7-11-21)20-15-26-30(27(34)16-20)28(19-8-12-23(31)24(32)14-19)29-22-5-3-2-4-18(22)9-13-25(29)33-26/h2-14,20,28,30H,15-16H2,1H3. The third kappa shape index (κ3) is 3.84. The van der Waals surface area contributed by atoms with Crippen LogP contribution in [0.3, 0.4) is 0 Å². The van der Waals surface area contributed by atoms with Gasteiger partial charge >= 0.3 is 0 Å². The van der Waals surface area contributed by atoms with E-state index in [9.17, 15) is 4.79 Å². The van der Waals surface area contributed by atoms with Crippen LogP contribution in [0.5, 0.6) is 5.75 Å². The molecule has 3 nitrogen and oxygen atoms in total. The summed E-state index contributed by atoms with van der Waals surface area (Å²) in [5, 5.41) is 3.26. The maximum absolute atomic E-state index is 13.9. The van der Waals surface area contributed by atoms with E-state index in [1.165, 1.54) is 0 Å². The molecule has 2 aliphatic rings. The summed E-state index contributed by atoms with van der Waals surface area (Å²) in [5.74, 6) is 0.636. The summed E-state index contributed by atoms with van der Waals surface area (Å²) in [7, 11) is 1.66. The van der Waals surface area contributed by atoms with Crippen molar-refractivity contribution in [1.29, 1.82) is 0 Å². The highest BCUT2D eigenvalue weighted by atomic mass is 35.5. The molecule has 0 saturated heterocycles. The molecule has 1 aliphatic carbocycles. The van der Waals surface area contributed by atoms with Crippen LogP contribution in [-0.2, 0) is 4.79 Å². The fourth-order valence-corrected chi connectivity index (χ4v) is 6.01. The van der Waals surface area contributed by atoms with Gasteiger partial charge in [-0.2, -0.15) is 0 Å². The van der Waals surface area contributed by atoms with Crippen LogP contribution < -0.4 is 4.74 Å². The van der Waals surface area contributed by atoms with Crippen LogP contribution in [0.15, 0.2) is 83.9 Å². The van der Waals surface area contributed by atoms with Gasteiger partial charge in [0.25, 0.3) is 0 Å². The highest BCUT2D eigenvalue weighted by Gasteiger charge is 2.44. The minimum absolute atomic E-state index is 0.0971.